The van der Waals surface area contributed by atoms with Crippen LogP contribution in [0.3, 0.4) is 0 Å². The minimum atomic E-state index is -3.92. The van der Waals surface area contributed by atoms with Crippen molar-refractivity contribution in [1.82, 2.24) is 19.6 Å². The van der Waals surface area contributed by atoms with Crippen molar-refractivity contribution >= 4 is 23.2 Å². The SMILES string of the molecule is Cc1cc(-c2cncc(Cl)c2)nc2c(C(N)=O)cnn12.FC(F)(F)CC1CC1. The van der Waals surface area contributed by atoms with Crippen LogP contribution >= 0.6 is 11.6 Å². The Balaban J connectivity index is 0.000000236. The van der Waals surface area contributed by atoms with E-state index in [1.54, 1.807) is 23.0 Å². The molecule has 3 heterocycles. The van der Waals surface area contributed by atoms with Crippen LogP contribution in [-0.4, -0.2) is 31.7 Å². The summed E-state index contributed by atoms with van der Waals surface area (Å²) in [6, 6.07) is 3.60. The predicted octanol–water partition coefficient (Wildman–Crippen LogP) is 4.20. The number of aromatic nitrogens is 4. The minimum Gasteiger partial charge on any atom is -0.365 e. The van der Waals surface area contributed by atoms with Crippen molar-refractivity contribution in [1.29, 1.82) is 0 Å². The average molecular weight is 412 g/mol. The molecule has 1 saturated carbocycles. The summed E-state index contributed by atoms with van der Waals surface area (Å²) in [5, 5.41) is 4.62. The molecule has 10 heteroatoms. The highest BCUT2D eigenvalue weighted by Gasteiger charge is 2.36. The number of hydrogen-bond acceptors (Lipinski definition) is 4. The van der Waals surface area contributed by atoms with Gasteiger partial charge in [-0.1, -0.05) is 11.6 Å². The first-order valence-electron chi connectivity index (χ1n) is 8.47. The van der Waals surface area contributed by atoms with Crippen LogP contribution in [0.25, 0.3) is 16.9 Å². The van der Waals surface area contributed by atoms with Gasteiger partial charge in [-0.25, -0.2) is 9.50 Å². The van der Waals surface area contributed by atoms with Gasteiger partial charge in [0.25, 0.3) is 5.91 Å². The summed E-state index contributed by atoms with van der Waals surface area (Å²) in [6.07, 6.45) is 1.69. The number of hydrogen-bond donors (Lipinski definition) is 1. The van der Waals surface area contributed by atoms with Crippen LogP contribution in [0, 0.1) is 12.8 Å². The lowest BCUT2D eigenvalue weighted by Gasteiger charge is -2.05. The second-order valence-corrected chi connectivity index (χ2v) is 7.03. The largest absolute Gasteiger partial charge is 0.389 e. The molecule has 0 unspecified atom stereocenters. The number of nitrogens with zero attached hydrogens (tertiary/aromatic N) is 4. The smallest absolute Gasteiger partial charge is 0.365 e. The van der Waals surface area contributed by atoms with E-state index in [1.807, 2.05) is 13.0 Å². The van der Waals surface area contributed by atoms with Crippen LogP contribution in [0.1, 0.15) is 35.3 Å². The number of halogens is 4. The van der Waals surface area contributed by atoms with Crippen LogP contribution < -0.4 is 5.73 Å². The Morgan fingerprint density at radius 3 is 2.54 bits per heavy atom. The molecule has 6 nitrogen and oxygen atoms in total. The zero-order valence-corrected chi connectivity index (χ0v) is 15.6. The van der Waals surface area contributed by atoms with E-state index in [4.69, 9.17) is 17.3 Å². The van der Waals surface area contributed by atoms with Crippen molar-refractivity contribution in [3.63, 3.8) is 0 Å². The lowest BCUT2D eigenvalue weighted by molar-refractivity contribution is -0.138. The second-order valence-electron chi connectivity index (χ2n) is 6.60. The van der Waals surface area contributed by atoms with E-state index in [1.165, 1.54) is 6.20 Å². The molecule has 2 N–H and O–H groups in total. The summed E-state index contributed by atoms with van der Waals surface area (Å²) < 4.78 is 35.6. The number of fused-ring (bicyclic) bond motifs is 1. The average Bonchev–Trinajstić information content (AvgIpc) is 3.27. The molecule has 1 amide bonds. The standard InChI is InChI=1S/C13H10ClN5O.C5H7F3/c1-7-2-11(8-3-9(14)5-16-4-8)18-13-10(12(15)20)6-17-19(7)13;6-5(7,8)3-4-1-2-4/h2-6H,1H3,(H2,15,20);4H,1-3H2. The van der Waals surface area contributed by atoms with Crippen molar-refractivity contribution in [2.45, 2.75) is 32.4 Å². The molecule has 148 valence electrons. The van der Waals surface area contributed by atoms with Crippen LogP contribution in [0.15, 0.2) is 30.7 Å². The van der Waals surface area contributed by atoms with E-state index in [0.29, 0.717) is 16.4 Å². The lowest BCUT2D eigenvalue weighted by atomic mass is 10.2. The molecular formula is C18H17ClF3N5O. The molecule has 0 radical (unpaired) electrons. The zero-order valence-electron chi connectivity index (χ0n) is 14.9. The van der Waals surface area contributed by atoms with E-state index in [-0.39, 0.29) is 11.5 Å². The molecule has 0 atom stereocenters. The Bertz CT molecular complexity index is 1010. The zero-order chi connectivity index (χ0) is 20.5. The maximum Gasteiger partial charge on any atom is 0.389 e. The van der Waals surface area contributed by atoms with Gasteiger partial charge in [-0.15, -0.1) is 0 Å². The van der Waals surface area contributed by atoms with Crippen molar-refractivity contribution in [2.24, 2.45) is 11.7 Å². The Morgan fingerprint density at radius 2 is 2.00 bits per heavy atom. The monoisotopic (exact) mass is 411 g/mol. The van der Waals surface area contributed by atoms with Crippen molar-refractivity contribution in [3.8, 4) is 11.3 Å². The third-order valence-corrected chi connectivity index (χ3v) is 4.34. The first-order valence-corrected chi connectivity index (χ1v) is 8.84. The highest BCUT2D eigenvalue weighted by atomic mass is 35.5. The summed E-state index contributed by atoms with van der Waals surface area (Å²) in [4.78, 5) is 19.8. The van der Waals surface area contributed by atoms with Crippen LogP contribution in [0.2, 0.25) is 5.02 Å². The number of nitrogens with two attached hydrogens (primary N) is 1. The maximum absolute atomic E-state index is 11.4. The molecule has 1 aliphatic carbocycles. The Labute approximate surface area is 163 Å². The predicted molar refractivity (Wildman–Crippen MR) is 97.9 cm³/mol. The van der Waals surface area contributed by atoms with Crippen molar-refractivity contribution in [2.75, 3.05) is 0 Å². The third-order valence-electron chi connectivity index (χ3n) is 4.13. The molecule has 0 aromatic carbocycles. The fourth-order valence-electron chi connectivity index (χ4n) is 2.64. The van der Waals surface area contributed by atoms with Gasteiger partial charge in [0.2, 0.25) is 0 Å². The van der Waals surface area contributed by atoms with Crippen LogP contribution in [0.4, 0.5) is 13.2 Å². The number of aryl methyl sites for hydroxylation is 1. The normalized spacial score (nSPS) is 13.9. The van der Waals surface area contributed by atoms with Crippen LogP contribution in [-0.2, 0) is 0 Å². The van der Waals surface area contributed by atoms with Gasteiger partial charge in [0.05, 0.1) is 16.9 Å². The van der Waals surface area contributed by atoms with Gasteiger partial charge in [0.15, 0.2) is 5.65 Å². The maximum atomic E-state index is 11.4. The summed E-state index contributed by atoms with van der Waals surface area (Å²) in [5.74, 6) is -0.594. The van der Waals surface area contributed by atoms with E-state index in [0.717, 1.165) is 24.1 Å². The van der Waals surface area contributed by atoms with Gasteiger partial charge in [-0.3, -0.25) is 9.78 Å². The van der Waals surface area contributed by atoms with E-state index >= 15 is 0 Å². The van der Waals surface area contributed by atoms with E-state index in [9.17, 15) is 18.0 Å². The fourth-order valence-corrected chi connectivity index (χ4v) is 2.81. The lowest BCUT2D eigenvalue weighted by Crippen LogP contribution is -2.11. The molecule has 3 aromatic heterocycles. The van der Waals surface area contributed by atoms with Crippen molar-refractivity contribution in [3.05, 3.63) is 47.0 Å². The van der Waals surface area contributed by atoms with Crippen molar-refractivity contribution < 1.29 is 18.0 Å². The number of pyridine rings is 1. The molecule has 1 aliphatic rings. The first-order chi connectivity index (χ1) is 13.1. The fraction of sp³-hybridized carbons (Fsp3) is 0.333. The van der Waals surface area contributed by atoms with E-state index in [2.05, 4.69) is 15.1 Å². The number of carbonyl (C=O) groups is 1. The summed E-state index contributed by atoms with van der Waals surface area (Å²) >= 11 is 5.93. The molecule has 0 aliphatic heterocycles. The number of alkyl halides is 3. The molecule has 0 saturated heterocycles. The Hall–Kier alpha value is -2.68. The minimum absolute atomic E-state index is 0.0324. The summed E-state index contributed by atoms with van der Waals surface area (Å²) in [7, 11) is 0. The number of carbonyl (C=O) groups excluding carboxylic acids is 1. The Kier molecular flexibility index (Phi) is 5.55. The van der Waals surface area contributed by atoms with Gasteiger partial charge in [-0.05, 0) is 37.8 Å². The quantitative estimate of drug-likeness (QED) is 0.699. The molecule has 28 heavy (non-hydrogen) atoms. The van der Waals surface area contributed by atoms with Gasteiger partial charge < -0.3 is 5.73 Å². The van der Waals surface area contributed by atoms with Gasteiger partial charge in [-0.2, -0.15) is 18.3 Å². The van der Waals surface area contributed by atoms with Gasteiger partial charge in [0.1, 0.15) is 5.56 Å². The molecule has 4 rings (SSSR count). The number of rotatable bonds is 3. The Morgan fingerprint density at radius 1 is 1.29 bits per heavy atom. The molecule has 0 spiro atoms. The van der Waals surface area contributed by atoms with Gasteiger partial charge >= 0.3 is 6.18 Å². The summed E-state index contributed by atoms with van der Waals surface area (Å²) in [6.45, 7) is 1.87. The van der Waals surface area contributed by atoms with E-state index < -0.39 is 18.5 Å². The number of primary amides is 1. The second kappa shape index (κ2) is 7.75. The van der Waals surface area contributed by atoms with Crippen LogP contribution in [0.5, 0.6) is 0 Å². The highest BCUT2D eigenvalue weighted by molar-refractivity contribution is 6.30. The summed E-state index contributed by atoms with van der Waals surface area (Å²) in [5.41, 5.74) is 8.28. The topological polar surface area (TPSA) is 86.2 Å². The van der Waals surface area contributed by atoms with Gasteiger partial charge in [0, 0.05) is 30.1 Å². The molecule has 0 bridgehead atoms. The highest BCUT2D eigenvalue weighted by Crippen LogP contribution is 2.39. The first kappa shape index (κ1) is 20.1. The third kappa shape index (κ3) is 4.98. The molecule has 1 fully saturated rings. The molecule has 3 aromatic rings. The molecular weight excluding hydrogens is 395 g/mol. The number of amides is 1.